The van der Waals surface area contributed by atoms with E-state index in [1.165, 1.54) is 7.11 Å². The molecule has 0 radical (unpaired) electrons. The van der Waals surface area contributed by atoms with Crippen LogP contribution in [0.1, 0.15) is 5.56 Å². The summed E-state index contributed by atoms with van der Waals surface area (Å²) in [6.07, 6.45) is -3.05. The predicted octanol–water partition coefficient (Wildman–Crippen LogP) is 1.59. The Morgan fingerprint density at radius 2 is 1.85 bits per heavy atom. The number of hydrogen-bond acceptors (Lipinski definition) is 3. The van der Waals surface area contributed by atoms with E-state index in [0.29, 0.717) is 0 Å². The van der Waals surface area contributed by atoms with Gasteiger partial charge in [0.2, 0.25) is 0 Å². The second-order valence-electron chi connectivity index (χ2n) is 2.37. The lowest BCUT2D eigenvalue weighted by atomic mass is 10.2. The maximum atomic E-state index is 11.8. The van der Waals surface area contributed by atoms with E-state index < -0.39 is 12.6 Å². The number of methoxy groups -OCH3 is 1. The van der Waals surface area contributed by atoms with Crippen molar-refractivity contribution in [3.63, 3.8) is 0 Å². The van der Waals surface area contributed by atoms with Crippen molar-refractivity contribution in [1.29, 1.82) is 0 Å². The lowest BCUT2D eigenvalue weighted by molar-refractivity contribution is -0.127. The molecule has 0 fully saturated rings. The van der Waals surface area contributed by atoms with Gasteiger partial charge in [0.15, 0.2) is 0 Å². The minimum atomic E-state index is -4.22. The van der Waals surface area contributed by atoms with Crippen LogP contribution in [-0.2, 0) is 6.42 Å². The van der Waals surface area contributed by atoms with Gasteiger partial charge in [-0.3, -0.25) is 0 Å². The van der Waals surface area contributed by atoms with Crippen molar-refractivity contribution < 1.29 is 17.9 Å². The first-order valence-corrected chi connectivity index (χ1v) is 3.43. The average molecular weight is 192 g/mol. The second kappa shape index (κ2) is 3.59. The van der Waals surface area contributed by atoms with E-state index in [4.69, 9.17) is 0 Å². The molecule has 0 aromatic carbocycles. The topological polar surface area (TPSA) is 35.0 Å². The lowest BCUT2D eigenvalue weighted by Crippen LogP contribution is -2.12. The van der Waals surface area contributed by atoms with Crippen LogP contribution in [0.5, 0.6) is 6.01 Å². The highest BCUT2D eigenvalue weighted by molar-refractivity contribution is 5.08. The molecule has 0 amide bonds. The molecule has 0 saturated heterocycles. The third kappa shape index (κ3) is 3.27. The van der Waals surface area contributed by atoms with Crippen LogP contribution >= 0.6 is 0 Å². The van der Waals surface area contributed by atoms with Gasteiger partial charge in [-0.1, -0.05) is 0 Å². The molecule has 1 aromatic rings. The van der Waals surface area contributed by atoms with Crippen LogP contribution in [0.4, 0.5) is 13.2 Å². The summed E-state index contributed by atoms with van der Waals surface area (Å²) in [7, 11) is 1.35. The van der Waals surface area contributed by atoms with E-state index in [0.717, 1.165) is 12.4 Å². The van der Waals surface area contributed by atoms with Crippen molar-refractivity contribution in [2.75, 3.05) is 7.11 Å². The summed E-state index contributed by atoms with van der Waals surface area (Å²) < 4.78 is 40.1. The summed E-state index contributed by atoms with van der Waals surface area (Å²) >= 11 is 0. The lowest BCUT2D eigenvalue weighted by Gasteiger charge is -2.05. The van der Waals surface area contributed by atoms with Crippen molar-refractivity contribution in [3.8, 4) is 6.01 Å². The van der Waals surface area contributed by atoms with Crippen molar-refractivity contribution >= 4 is 0 Å². The standard InChI is InChI=1S/C7H7F3N2O/c1-13-6-11-3-5(4-12-6)2-7(8,9)10/h3-4H,2H2,1H3. The van der Waals surface area contributed by atoms with Crippen LogP contribution in [-0.4, -0.2) is 23.3 Å². The summed E-state index contributed by atoms with van der Waals surface area (Å²) in [5.41, 5.74) is 0.0216. The molecule has 13 heavy (non-hydrogen) atoms. The van der Waals surface area contributed by atoms with Gasteiger partial charge in [0.25, 0.3) is 0 Å². The molecule has 1 aromatic heterocycles. The molecule has 0 spiro atoms. The molecule has 0 aliphatic rings. The zero-order valence-electron chi connectivity index (χ0n) is 6.80. The quantitative estimate of drug-likeness (QED) is 0.713. The summed E-state index contributed by atoms with van der Waals surface area (Å²) in [6, 6.07) is 0.0610. The molecule has 0 atom stereocenters. The molecule has 0 aliphatic carbocycles. The molecular formula is C7H7F3N2O. The Morgan fingerprint density at radius 3 is 2.23 bits per heavy atom. The normalized spacial score (nSPS) is 11.4. The van der Waals surface area contributed by atoms with Crippen LogP contribution in [0.3, 0.4) is 0 Å². The monoisotopic (exact) mass is 192 g/mol. The smallest absolute Gasteiger partial charge is 0.393 e. The highest BCUT2D eigenvalue weighted by Gasteiger charge is 2.27. The number of hydrogen-bond donors (Lipinski definition) is 0. The molecular weight excluding hydrogens is 185 g/mol. The third-order valence-corrected chi connectivity index (χ3v) is 1.27. The third-order valence-electron chi connectivity index (χ3n) is 1.27. The second-order valence-corrected chi connectivity index (χ2v) is 2.37. The van der Waals surface area contributed by atoms with Crippen molar-refractivity contribution in [3.05, 3.63) is 18.0 Å². The van der Waals surface area contributed by atoms with Gasteiger partial charge in [-0.15, -0.1) is 0 Å². The van der Waals surface area contributed by atoms with Gasteiger partial charge in [0.1, 0.15) is 0 Å². The fourth-order valence-electron chi connectivity index (χ4n) is 0.771. The fraction of sp³-hybridized carbons (Fsp3) is 0.429. The van der Waals surface area contributed by atoms with Crippen LogP contribution in [0.15, 0.2) is 12.4 Å². The van der Waals surface area contributed by atoms with E-state index in [9.17, 15) is 13.2 Å². The SMILES string of the molecule is COc1ncc(CC(F)(F)F)cn1. The van der Waals surface area contributed by atoms with E-state index in [1.54, 1.807) is 0 Å². The summed E-state index contributed by atoms with van der Waals surface area (Å²) in [5.74, 6) is 0. The molecule has 0 bridgehead atoms. The molecule has 1 heterocycles. The Hall–Kier alpha value is -1.33. The van der Waals surface area contributed by atoms with Crippen LogP contribution < -0.4 is 4.74 Å². The Balaban J connectivity index is 2.70. The molecule has 0 N–H and O–H groups in total. The zero-order chi connectivity index (χ0) is 9.90. The Morgan fingerprint density at radius 1 is 1.31 bits per heavy atom. The van der Waals surface area contributed by atoms with Gasteiger partial charge >= 0.3 is 12.2 Å². The first-order valence-electron chi connectivity index (χ1n) is 3.43. The summed E-state index contributed by atoms with van der Waals surface area (Å²) in [5, 5.41) is 0. The van der Waals surface area contributed by atoms with Gasteiger partial charge in [-0.2, -0.15) is 13.2 Å². The Kier molecular flexibility index (Phi) is 2.69. The van der Waals surface area contributed by atoms with Crippen molar-refractivity contribution in [2.45, 2.75) is 12.6 Å². The van der Waals surface area contributed by atoms with Crippen LogP contribution in [0.25, 0.3) is 0 Å². The zero-order valence-corrected chi connectivity index (χ0v) is 6.80. The molecule has 0 unspecified atom stereocenters. The fourth-order valence-corrected chi connectivity index (χ4v) is 0.771. The molecule has 3 nitrogen and oxygen atoms in total. The molecule has 1 rings (SSSR count). The number of alkyl halides is 3. The minimum absolute atomic E-state index is 0.0216. The van der Waals surface area contributed by atoms with E-state index in [2.05, 4.69) is 14.7 Å². The predicted molar refractivity (Wildman–Crippen MR) is 38.3 cm³/mol. The molecule has 6 heteroatoms. The average Bonchev–Trinajstić information content (AvgIpc) is 2.03. The largest absolute Gasteiger partial charge is 0.467 e. The highest BCUT2D eigenvalue weighted by Crippen LogP contribution is 2.20. The summed E-state index contributed by atoms with van der Waals surface area (Å²) in [4.78, 5) is 7.10. The maximum absolute atomic E-state index is 11.8. The molecule has 0 aliphatic heterocycles. The van der Waals surface area contributed by atoms with Crippen LogP contribution in [0, 0.1) is 0 Å². The van der Waals surface area contributed by atoms with Crippen LogP contribution in [0.2, 0.25) is 0 Å². The van der Waals surface area contributed by atoms with E-state index in [1.807, 2.05) is 0 Å². The first kappa shape index (κ1) is 9.76. The summed E-state index contributed by atoms with van der Waals surface area (Å²) in [6.45, 7) is 0. The van der Waals surface area contributed by atoms with Crippen molar-refractivity contribution in [2.24, 2.45) is 0 Å². The number of halogens is 3. The van der Waals surface area contributed by atoms with Gasteiger partial charge in [0, 0.05) is 12.4 Å². The molecule has 0 saturated carbocycles. The minimum Gasteiger partial charge on any atom is -0.467 e. The Bertz CT molecular complexity index is 270. The maximum Gasteiger partial charge on any atom is 0.393 e. The Labute approximate surface area is 72.6 Å². The van der Waals surface area contributed by atoms with Gasteiger partial charge < -0.3 is 4.74 Å². The number of aromatic nitrogens is 2. The van der Waals surface area contributed by atoms with Crippen molar-refractivity contribution in [1.82, 2.24) is 9.97 Å². The number of nitrogens with zero attached hydrogens (tertiary/aromatic N) is 2. The number of ether oxygens (including phenoxy) is 1. The number of rotatable bonds is 2. The van der Waals surface area contributed by atoms with E-state index in [-0.39, 0.29) is 11.6 Å². The van der Waals surface area contributed by atoms with Gasteiger partial charge in [0.05, 0.1) is 13.5 Å². The first-order chi connectivity index (χ1) is 6.01. The van der Waals surface area contributed by atoms with Gasteiger partial charge in [-0.25, -0.2) is 9.97 Å². The van der Waals surface area contributed by atoms with E-state index >= 15 is 0 Å². The highest BCUT2D eigenvalue weighted by atomic mass is 19.4. The van der Waals surface area contributed by atoms with Gasteiger partial charge in [-0.05, 0) is 5.56 Å². The molecule has 72 valence electrons.